The Morgan fingerprint density at radius 3 is 2.32 bits per heavy atom. The summed E-state index contributed by atoms with van der Waals surface area (Å²) in [6.45, 7) is 5.75. The molecule has 0 aliphatic carbocycles. The molecule has 0 bridgehead atoms. The topological polar surface area (TPSA) is 49.4 Å². The molecule has 2 amide bonds. The Morgan fingerprint density at radius 1 is 1.00 bits per heavy atom. The number of imide groups is 1. The summed E-state index contributed by atoms with van der Waals surface area (Å²) in [5, 5.41) is 3.02. The average Bonchev–Trinajstić information content (AvgIpc) is 2.80. The van der Waals surface area contributed by atoms with E-state index in [1.807, 2.05) is 63.2 Å². The second kappa shape index (κ2) is 6.73. The van der Waals surface area contributed by atoms with Crippen LogP contribution >= 0.6 is 11.6 Å². The van der Waals surface area contributed by atoms with Gasteiger partial charge in [0.2, 0.25) is 0 Å². The summed E-state index contributed by atoms with van der Waals surface area (Å²) in [6, 6.07) is 15.1. The Morgan fingerprint density at radius 2 is 1.68 bits per heavy atom. The molecule has 2 aromatic rings. The molecule has 0 aromatic heterocycles. The maximum absolute atomic E-state index is 12.8. The minimum atomic E-state index is -0.499. The van der Waals surface area contributed by atoms with Crippen molar-refractivity contribution in [3.63, 3.8) is 0 Å². The Balaban J connectivity index is 1.89. The van der Waals surface area contributed by atoms with Crippen molar-refractivity contribution in [2.45, 2.75) is 26.8 Å². The molecule has 1 aliphatic rings. The fraction of sp³-hybridized carbons (Fsp3) is 0.200. The zero-order valence-electron chi connectivity index (χ0n) is 14.3. The second-order valence-electron chi connectivity index (χ2n) is 6.20. The summed E-state index contributed by atoms with van der Waals surface area (Å²) >= 11 is 6.19. The van der Waals surface area contributed by atoms with Crippen LogP contribution in [-0.4, -0.2) is 11.8 Å². The van der Waals surface area contributed by atoms with E-state index < -0.39 is 11.8 Å². The summed E-state index contributed by atoms with van der Waals surface area (Å²) in [5.74, 6) is -0.925. The number of carbonyl (C=O) groups excluding carboxylic acids is 2. The van der Waals surface area contributed by atoms with Crippen LogP contribution < -0.4 is 10.2 Å². The van der Waals surface area contributed by atoms with Crippen molar-refractivity contribution in [2.75, 3.05) is 4.90 Å². The fourth-order valence-electron chi connectivity index (χ4n) is 2.94. The van der Waals surface area contributed by atoms with Gasteiger partial charge < -0.3 is 5.32 Å². The van der Waals surface area contributed by atoms with Crippen LogP contribution in [0.5, 0.6) is 0 Å². The maximum Gasteiger partial charge on any atom is 0.283 e. The Labute approximate surface area is 152 Å². The van der Waals surface area contributed by atoms with Gasteiger partial charge in [-0.2, -0.15) is 0 Å². The van der Waals surface area contributed by atoms with Gasteiger partial charge in [0.1, 0.15) is 10.7 Å². The van der Waals surface area contributed by atoms with Crippen LogP contribution in [-0.2, 0) is 9.59 Å². The smallest absolute Gasteiger partial charge is 0.283 e. The highest BCUT2D eigenvalue weighted by atomic mass is 35.5. The van der Waals surface area contributed by atoms with E-state index in [0.29, 0.717) is 5.69 Å². The number of nitrogens with one attached hydrogen (secondary N) is 1. The highest BCUT2D eigenvalue weighted by Gasteiger charge is 2.39. The van der Waals surface area contributed by atoms with Gasteiger partial charge in [-0.1, -0.05) is 59.6 Å². The Hall–Kier alpha value is -2.59. The van der Waals surface area contributed by atoms with Crippen molar-refractivity contribution < 1.29 is 9.59 Å². The van der Waals surface area contributed by atoms with E-state index in [-0.39, 0.29) is 16.8 Å². The van der Waals surface area contributed by atoms with Gasteiger partial charge in [-0.05, 0) is 38.0 Å². The predicted octanol–water partition coefficient (Wildman–Crippen LogP) is 3.98. The molecule has 0 fully saturated rings. The third-order valence-corrected chi connectivity index (χ3v) is 4.63. The van der Waals surface area contributed by atoms with Crippen molar-refractivity contribution in [1.82, 2.24) is 5.32 Å². The van der Waals surface area contributed by atoms with Crippen LogP contribution in [0.2, 0.25) is 0 Å². The first-order valence-corrected chi connectivity index (χ1v) is 8.45. The van der Waals surface area contributed by atoms with Gasteiger partial charge in [0.15, 0.2) is 0 Å². The molecule has 0 radical (unpaired) electrons. The number of amides is 2. The molecule has 0 spiro atoms. The van der Waals surface area contributed by atoms with Crippen LogP contribution in [0.25, 0.3) is 0 Å². The number of hydrogen-bond acceptors (Lipinski definition) is 3. The van der Waals surface area contributed by atoms with Crippen molar-refractivity contribution in [3.05, 3.63) is 76.0 Å². The molecule has 1 atom stereocenters. The second-order valence-corrected chi connectivity index (χ2v) is 6.58. The predicted molar refractivity (Wildman–Crippen MR) is 99.3 cm³/mol. The van der Waals surface area contributed by atoms with Gasteiger partial charge in [-0.3, -0.25) is 9.59 Å². The average molecular weight is 355 g/mol. The van der Waals surface area contributed by atoms with E-state index in [9.17, 15) is 9.59 Å². The molecule has 25 heavy (non-hydrogen) atoms. The first-order valence-electron chi connectivity index (χ1n) is 8.07. The van der Waals surface area contributed by atoms with Crippen LogP contribution in [0.1, 0.15) is 29.7 Å². The van der Waals surface area contributed by atoms with Gasteiger partial charge >= 0.3 is 0 Å². The highest BCUT2D eigenvalue weighted by Crippen LogP contribution is 2.31. The van der Waals surface area contributed by atoms with Gasteiger partial charge in [0.25, 0.3) is 11.8 Å². The summed E-state index contributed by atoms with van der Waals surface area (Å²) in [4.78, 5) is 26.5. The molecule has 3 rings (SSSR count). The van der Waals surface area contributed by atoms with Crippen LogP contribution in [0.4, 0.5) is 5.69 Å². The lowest BCUT2D eigenvalue weighted by Gasteiger charge is -2.19. The van der Waals surface area contributed by atoms with E-state index in [0.717, 1.165) is 21.6 Å². The van der Waals surface area contributed by atoms with Gasteiger partial charge in [-0.25, -0.2) is 4.90 Å². The third kappa shape index (κ3) is 3.17. The summed E-state index contributed by atoms with van der Waals surface area (Å²) in [5.41, 5.74) is 3.62. The quantitative estimate of drug-likeness (QED) is 0.845. The highest BCUT2D eigenvalue weighted by molar-refractivity contribution is 6.52. The molecule has 1 N–H and O–H groups in total. The normalized spacial score (nSPS) is 15.8. The minimum absolute atomic E-state index is 0.0762. The lowest BCUT2D eigenvalue weighted by molar-refractivity contribution is -0.120. The molecule has 2 aromatic carbocycles. The molecule has 1 heterocycles. The van der Waals surface area contributed by atoms with Crippen molar-refractivity contribution in [1.29, 1.82) is 0 Å². The van der Waals surface area contributed by atoms with Crippen molar-refractivity contribution in [3.8, 4) is 0 Å². The number of benzene rings is 2. The fourth-order valence-corrected chi connectivity index (χ4v) is 3.16. The number of rotatable bonds is 4. The number of halogens is 1. The Kier molecular flexibility index (Phi) is 4.64. The molecule has 1 aliphatic heterocycles. The molecule has 0 saturated carbocycles. The largest absolute Gasteiger partial charge is 0.373 e. The number of nitrogens with zero attached hydrogens (tertiary/aromatic N) is 1. The first kappa shape index (κ1) is 17.2. The van der Waals surface area contributed by atoms with E-state index in [4.69, 9.17) is 11.6 Å². The summed E-state index contributed by atoms with van der Waals surface area (Å²) < 4.78 is 0. The molecule has 128 valence electrons. The molecular weight excluding hydrogens is 336 g/mol. The minimum Gasteiger partial charge on any atom is -0.373 e. The lowest BCUT2D eigenvalue weighted by atomic mass is 10.1. The number of hydrogen-bond donors (Lipinski definition) is 1. The van der Waals surface area contributed by atoms with E-state index in [2.05, 4.69) is 5.32 Å². The SMILES string of the molecule is Cc1ccc(N2C(=O)C(Cl)=C(NC(C)c3ccccc3)C2=O)c(C)c1. The van der Waals surface area contributed by atoms with Gasteiger partial charge in [-0.15, -0.1) is 0 Å². The van der Waals surface area contributed by atoms with Gasteiger partial charge in [0, 0.05) is 6.04 Å². The van der Waals surface area contributed by atoms with Crippen LogP contribution in [0, 0.1) is 13.8 Å². The third-order valence-electron chi connectivity index (χ3n) is 4.28. The Bertz CT molecular complexity index is 875. The van der Waals surface area contributed by atoms with E-state index in [1.54, 1.807) is 6.07 Å². The maximum atomic E-state index is 12.8. The molecule has 1 unspecified atom stereocenters. The molecule has 4 nitrogen and oxygen atoms in total. The summed E-state index contributed by atoms with van der Waals surface area (Å²) in [7, 11) is 0. The first-order chi connectivity index (χ1) is 11.9. The number of aryl methyl sites for hydroxylation is 2. The van der Waals surface area contributed by atoms with Crippen molar-refractivity contribution in [2.24, 2.45) is 0 Å². The zero-order chi connectivity index (χ0) is 18.1. The number of anilines is 1. The van der Waals surface area contributed by atoms with Crippen molar-refractivity contribution >= 4 is 29.1 Å². The standard InChI is InChI=1S/C20H19ClN2O2/c1-12-9-10-16(13(2)11-12)23-19(24)17(21)18(20(23)25)22-14(3)15-7-5-4-6-8-15/h4-11,14,22H,1-3H3. The molecular formula is C20H19ClN2O2. The van der Waals surface area contributed by atoms with E-state index in [1.165, 1.54) is 0 Å². The monoisotopic (exact) mass is 354 g/mol. The molecule has 5 heteroatoms. The van der Waals surface area contributed by atoms with Crippen LogP contribution in [0.3, 0.4) is 0 Å². The number of carbonyl (C=O) groups is 2. The molecule has 0 saturated heterocycles. The summed E-state index contributed by atoms with van der Waals surface area (Å²) in [6.07, 6.45) is 0. The van der Waals surface area contributed by atoms with Gasteiger partial charge in [0.05, 0.1) is 5.69 Å². The lowest BCUT2D eigenvalue weighted by Crippen LogP contribution is -2.34. The van der Waals surface area contributed by atoms with E-state index >= 15 is 0 Å². The zero-order valence-corrected chi connectivity index (χ0v) is 15.1. The van der Waals surface area contributed by atoms with Crippen LogP contribution in [0.15, 0.2) is 59.3 Å².